The van der Waals surface area contributed by atoms with Crippen LogP contribution in [0.4, 0.5) is 10.7 Å². The van der Waals surface area contributed by atoms with Gasteiger partial charge in [0.15, 0.2) is 6.61 Å². The van der Waals surface area contributed by atoms with Gasteiger partial charge in [0.25, 0.3) is 5.91 Å². The largest absolute Gasteiger partial charge is 0.464 e. The van der Waals surface area contributed by atoms with E-state index in [0.717, 1.165) is 11.3 Å². The number of amides is 1. The van der Waals surface area contributed by atoms with Crippen molar-refractivity contribution in [2.75, 3.05) is 37.0 Å². The van der Waals surface area contributed by atoms with Crippen LogP contribution in [0, 0.1) is 0 Å². The Balaban J connectivity index is 1.69. The molecule has 1 amide bonds. The van der Waals surface area contributed by atoms with E-state index in [9.17, 15) is 14.4 Å². The predicted molar refractivity (Wildman–Crippen MR) is 119 cm³/mol. The van der Waals surface area contributed by atoms with Gasteiger partial charge >= 0.3 is 11.9 Å². The number of aliphatic hydroxyl groups is 1. The highest BCUT2D eigenvalue weighted by Crippen LogP contribution is 2.36. The van der Waals surface area contributed by atoms with Crippen LogP contribution < -0.4 is 10.6 Å². The number of anilines is 2. The van der Waals surface area contributed by atoms with Gasteiger partial charge in [0.1, 0.15) is 16.3 Å². The number of hydrogen-bond acceptors (Lipinski definition) is 9. The third-order valence-electron chi connectivity index (χ3n) is 4.22. The SMILES string of the molecule is CCOC(=O)c1c(-c2ccco2)csc1NC(=O)COC(=O)c1ccccc1NCCO. The number of para-hydroxylation sites is 1. The third kappa shape index (κ3) is 5.54. The van der Waals surface area contributed by atoms with E-state index < -0.39 is 24.5 Å². The number of ether oxygens (including phenoxy) is 2. The van der Waals surface area contributed by atoms with E-state index in [4.69, 9.17) is 19.0 Å². The Hall–Kier alpha value is -3.63. The van der Waals surface area contributed by atoms with Gasteiger partial charge in [-0.2, -0.15) is 0 Å². The molecule has 3 N–H and O–H groups in total. The van der Waals surface area contributed by atoms with Crippen LogP contribution >= 0.6 is 11.3 Å². The first-order valence-electron chi connectivity index (χ1n) is 9.78. The van der Waals surface area contributed by atoms with Gasteiger partial charge in [-0.3, -0.25) is 4.79 Å². The van der Waals surface area contributed by atoms with Crippen molar-refractivity contribution >= 4 is 39.9 Å². The lowest BCUT2D eigenvalue weighted by Gasteiger charge is -2.11. The van der Waals surface area contributed by atoms with Gasteiger partial charge in [0, 0.05) is 23.2 Å². The molecule has 2 heterocycles. The zero-order valence-electron chi connectivity index (χ0n) is 17.3. The highest BCUT2D eigenvalue weighted by Gasteiger charge is 2.24. The van der Waals surface area contributed by atoms with Crippen LogP contribution in [0.5, 0.6) is 0 Å². The number of aliphatic hydroxyl groups excluding tert-OH is 1. The number of esters is 2. The standard InChI is InChI=1S/C22H22N2O7S/c1-2-29-22(28)19-15(17-8-5-11-30-17)13-32-20(19)24-18(26)12-31-21(27)14-6-3-4-7-16(14)23-9-10-25/h3-8,11,13,23,25H,2,9-10,12H2,1H3,(H,24,26). The molecule has 9 nitrogen and oxygen atoms in total. The summed E-state index contributed by atoms with van der Waals surface area (Å²) in [6, 6.07) is 9.99. The van der Waals surface area contributed by atoms with Crippen LogP contribution in [-0.4, -0.2) is 49.3 Å². The summed E-state index contributed by atoms with van der Waals surface area (Å²) in [6.07, 6.45) is 1.48. The number of nitrogens with one attached hydrogen (secondary N) is 2. The summed E-state index contributed by atoms with van der Waals surface area (Å²) in [7, 11) is 0. The fourth-order valence-corrected chi connectivity index (χ4v) is 3.80. The van der Waals surface area contributed by atoms with E-state index in [-0.39, 0.29) is 35.9 Å². The molecule has 0 atom stereocenters. The smallest absolute Gasteiger partial charge is 0.341 e. The zero-order valence-corrected chi connectivity index (χ0v) is 18.1. The maximum Gasteiger partial charge on any atom is 0.341 e. The molecule has 0 aliphatic carbocycles. The molecule has 3 rings (SSSR count). The summed E-state index contributed by atoms with van der Waals surface area (Å²) in [5.74, 6) is -1.45. The van der Waals surface area contributed by atoms with Crippen LogP contribution in [0.3, 0.4) is 0 Å². The van der Waals surface area contributed by atoms with Crippen molar-refractivity contribution in [2.24, 2.45) is 0 Å². The van der Waals surface area contributed by atoms with Crippen LogP contribution in [-0.2, 0) is 14.3 Å². The molecule has 3 aromatic rings. The summed E-state index contributed by atoms with van der Waals surface area (Å²) < 4.78 is 15.6. The molecule has 32 heavy (non-hydrogen) atoms. The average Bonchev–Trinajstić information content (AvgIpc) is 3.46. The van der Waals surface area contributed by atoms with Crippen LogP contribution in [0.15, 0.2) is 52.5 Å². The predicted octanol–water partition coefficient (Wildman–Crippen LogP) is 3.38. The molecular formula is C22H22N2O7S. The normalized spacial score (nSPS) is 10.4. The lowest BCUT2D eigenvalue weighted by atomic mass is 10.1. The highest BCUT2D eigenvalue weighted by atomic mass is 32.1. The van der Waals surface area contributed by atoms with Crippen LogP contribution in [0.25, 0.3) is 11.3 Å². The molecule has 0 unspecified atom stereocenters. The van der Waals surface area contributed by atoms with E-state index in [0.29, 0.717) is 17.0 Å². The van der Waals surface area contributed by atoms with Gasteiger partial charge in [-0.15, -0.1) is 11.3 Å². The van der Waals surface area contributed by atoms with E-state index in [1.54, 1.807) is 48.7 Å². The zero-order chi connectivity index (χ0) is 22.9. The fraction of sp³-hybridized carbons (Fsp3) is 0.227. The number of carbonyl (C=O) groups excluding carboxylic acids is 3. The van der Waals surface area contributed by atoms with Gasteiger partial charge in [-0.05, 0) is 31.2 Å². The Morgan fingerprint density at radius 3 is 2.62 bits per heavy atom. The topological polar surface area (TPSA) is 127 Å². The average molecular weight is 458 g/mol. The maximum atomic E-state index is 12.5. The van der Waals surface area contributed by atoms with Crippen molar-refractivity contribution in [3.63, 3.8) is 0 Å². The number of benzene rings is 1. The molecule has 0 aliphatic heterocycles. The van der Waals surface area contributed by atoms with Crippen molar-refractivity contribution < 1.29 is 33.4 Å². The Morgan fingerprint density at radius 2 is 1.91 bits per heavy atom. The fourth-order valence-electron chi connectivity index (χ4n) is 2.85. The lowest BCUT2D eigenvalue weighted by Crippen LogP contribution is -2.22. The van der Waals surface area contributed by atoms with Gasteiger partial charge < -0.3 is 29.6 Å². The molecular weight excluding hydrogens is 436 g/mol. The first kappa shape index (κ1) is 23.0. The summed E-state index contributed by atoms with van der Waals surface area (Å²) in [5, 5.41) is 16.4. The second-order valence-corrected chi connectivity index (χ2v) is 7.25. The Morgan fingerprint density at radius 1 is 1.09 bits per heavy atom. The minimum absolute atomic E-state index is 0.102. The molecule has 0 bridgehead atoms. The summed E-state index contributed by atoms with van der Waals surface area (Å²) in [6.45, 7) is 1.46. The van der Waals surface area contributed by atoms with Gasteiger partial charge in [-0.25, -0.2) is 9.59 Å². The van der Waals surface area contributed by atoms with Crippen molar-refractivity contribution in [3.8, 4) is 11.3 Å². The molecule has 0 saturated carbocycles. The van der Waals surface area contributed by atoms with Gasteiger partial charge in [0.2, 0.25) is 0 Å². The maximum absolute atomic E-state index is 12.5. The second kappa shape index (κ2) is 11.1. The van der Waals surface area contributed by atoms with E-state index in [2.05, 4.69) is 10.6 Å². The van der Waals surface area contributed by atoms with Crippen LogP contribution in [0.2, 0.25) is 0 Å². The number of hydrogen-bond donors (Lipinski definition) is 3. The van der Waals surface area contributed by atoms with E-state index in [1.165, 1.54) is 6.26 Å². The lowest BCUT2D eigenvalue weighted by molar-refractivity contribution is -0.119. The molecule has 0 aliphatic rings. The quantitative estimate of drug-likeness (QED) is 0.395. The van der Waals surface area contributed by atoms with Crippen molar-refractivity contribution in [1.29, 1.82) is 0 Å². The molecule has 0 spiro atoms. The van der Waals surface area contributed by atoms with E-state index in [1.807, 2.05) is 0 Å². The van der Waals surface area contributed by atoms with Crippen LogP contribution in [0.1, 0.15) is 27.6 Å². The minimum atomic E-state index is -0.700. The second-order valence-electron chi connectivity index (χ2n) is 6.37. The Kier molecular flexibility index (Phi) is 8.01. The number of thiophene rings is 1. The monoisotopic (exact) mass is 458 g/mol. The highest BCUT2D eigenvalue weighted by molar-refractivity contribution is 7.15. The number of carbonyl (C=O) groups is 3. The molecule has 1 aromatic carbocycles. The van der Waals surface area contributed by atoms with Crippen molar-refractivity contribution in [1.82, 2.24) is 0 Å². The molecule has 0 fully saturated rings. The van der Waals surface area contributed by atoms with Gasteiger partial charge in [0.05, 0.1) is 25.0 Å². The third-order valence-corrected chi connectivity index (χ3v) is 5.11. The molecule has 10 heteroatoms. The van der Waals surface area contributed by atoms with Gasteiger partial charge in [-0.1, -0.05) is 12.1 Å². The molecule has 168 valence electrons. The number of rotatable bonds is 10. The molecule has 2 aromatic heterocycles. The summed E-state index contributed by atoms with van der Waals surface area (Å²) in [4.78, 5) is 37.3. The first-order valence-corrected chi connectivity index (χ1v) is 10.7. The minimum Gasteiger partial charge on any atom is -0.464 e. The summed E-state index contributed by atoms with van der Waals surface area (Å²) >= 11 is 1.13. The first-order chi connectivity index (χ1) is 15.5. The summed E-state index contributed by atoms with van der Waals surface area (Å²) in [5.41, 5.74) is 1.38. The molecule has 0 radical (unpaired) electrons. The Labute approximate surface area is 188 Å². The Bertz CT molecular complexity index is 1080. The molecule has 0 saturated heterocycles. The van der Waals surface area contributed by atoms with Crippen molar-refractivity contribution in [3.05, 3.63) is 59.2 Å². The van der Waals surface area contributed by atoms with E-state index >= 15 is 0 Å². The van der Waals surface area contributed by atoms with Crippen molar-refractivity contribution in [2.45, 2.75) is 6.92 Å². The number of furan rings is 1.